The summed E-state index contributed by atoms with van der Waals surface area (Å²) in [5, 5.41) is 0. The predicted molar refractivity (Wildman–Crippen MR) is 108 cm³/mol. The molecule has 1 saturated heterocycles. The molecule has 0 aromatic heterocycles. The molecule has 1 aromatic carbocycles. The van der Waals surface area contributed by atoms with Gasteiger partial charge >= 0.3 is 29.8 Å². The number of carbonyl (C=O) groups excluding carboxylic acids is 5. The van der Waals surface area contributed by atoms with Crippen molar-refractivity contribution in [1.29, 1.82) is 0 Å². The molecule has 2 rings (SSSR count). The lowest BCUT2D eigenvalue weighted by molar-refractivity contribution is -0.300. The topological polar surface area (TPSA) is 141 Å². The first kappa shape index (κ1) is 25.8. The smallest absolute Gasteiger partial charge is 0.312 e. The van der Waals surface area contributed by atoms with Crippen LogP contribution < -0.4 is 0 Å². The van der Waals surface area contributed by atoms with Crippen LogP contribution in [-0.4, -0.2) is 67.2 Å². The maximum atomic E-state index is 12.6. The lowest BCUT2D eigenvalue weighted by atomic mass is 9.98. The van der Waals surface area contributed by atoms with Gasteiger partial charge in [0.1, 0.15) is 12.7 Å². The summed E-state index contributed by atoms with van der Waals surface area (Å²) >= 11 is 0. The highest BCUT2D eigenvalue weighted by molar-refractivity contribution is 5.73. The molecule has 1 fully saturated rings. The fourth-order valence-electron chi connectivity index (χ4n) is 3.22. The Morgan fingerprint density at radius 2 is 1.27 bits per heavy atom. The van der Waals surface area contributed by atoms with Crippen molar-refractivity contribution >= 4 is 29.8 Å². The fraction of sp³-hybridized carbons (Fsp3) is 0.500. The largest absolute Gasteiger partial charge is 0.463 e. The lowest BCUT2D eigenvalue weighted by Gasteiger charge is -2.43. The second kappa shape index (κ2) is 12.0. The molecule has 0 bridgehead atoms. The van der Waals surface area contributed by atoms with Crippen molar-refractivity contribution in [1.82, 2.24) is 0 Å². The van der Waals surface area contributed by atoms with Crippen LogP contribution in [0.2, 0.25) is 0 Å². The molecule has 11 heteroatoms. The van der Waals surface area contributed by atoms with E-state index in [4.69, 9.17) is 28.4 Å². The third kappa shape index (κ3) is 8.19. The predicted octanol–water partition coefficient (Wildman–Crippen LogP) is 0.855. The van der Waals surface area contributed by atoms with E-state index in [1.165, 1.54) is 0 Å². The van der Waals surface area contributed by atoms with Crippen LogP contribution in [0.1, 0.15) is 33.3 Å². The summed E-state index contributed by atoms with van der Waals surface area (Å²) < 4.78 is 31.8. The number of benzene rings is 1. The lowest BCUT2D eigenvalue weighted by Crippen LogP contribution is -2.63. The first-order valence-corrected chi connectivity index (χ1v) is 10.1. The van der Waals surface area contributed by atoms with Gasteiger partial charge in [-0.15, -0.1) is 0 Å². The van der Waals surface area contributed by atoms with E-state index in [2.05, 4.69) is 0 Å². The van der Waals surface area contributed by atoms with E-state index in [9.17, 15) is 24.0 Å². The second-order valence-corrected chi connectivity index (χ2v) is 7.22. The molecule has 1 aromatic rings. The van der Waals surface area contributed by atoms with Gasteiger partial charge in [0.25, 0.3) is 0 Å². The summed E-state index contributed by atoms with van der Waals surface area (Å²) in [7, 11) is 0. The van der Waals surface area contributed by atoms with E-state index in [-0.39, 0.29) is 6.42 Å². The highest BCUT2D eigenvalue weighted by atomic mass is 16.7. The fourth-order valence-corrected chi connectivity index (χ4v) is 3.22. The number of rotatable bonds is 8. The zero-order valence-electron chi connectivity index (χ0n) is 18.7. The average Bonchev–Trinajstić information content (AvgIpc) is 2.70. The second-order valence-electron chi connectivity index (χ2n) is 7.22. The maximum Gasteiger partial charge on any atom is 0.312 e. The monoisotopic (exact) mass is 466 g/mol. The number of hydrogen-bond acceptors (Lipinski definition) is 11. The Morgan fingerprint density at radius 1 is 0.727 bits per heavy atom. The molecule has 1 heterocycles. The maximum absolute atomic E-state index is 12.6. The zero-order chi connectivity index (χ0) is 24.5. The zero-order valence-corrected chi connectivity index (χ0v) is 18.7. The van der Waals surface area contributed by atoms with Gasteiger partial charge in [0.15, 0.2) is 12.2 Å². The van der Waals surface area contributed by atoms with E-state index in [0.29, 0.717) is 5.56 Å². The van der Waals surface area contributed by atoms with E-state index in [1.54, 1.807) is 30.3 Å². The minimum absolute atomic E-state index is 0.117. The van der Waals surface area contributed by atoms with Crippen LogP contribution in [0.4, 0.5) is 0 Å². The SMILES string of the molecule is CC(=O)OC[C@H]1O[C@@H](OC(=O)Cc2ccccc2)[C@H](OC(C)=O)[C@@H](OC(C)=O)[C@H]1OC(C)=O. The van der Waals surface area contributed by atoms with Gasteiger partial charge in [-0.25, -0.2) is 0 Å². The Labute approximate surface area is 190 Å². The van der Waals surface area contributed by atoms with E-state index >= 15 is 0 Å². The van der Waals surface area contributed by atoms with E-state index in [1.807, 2.05) is 0 Å². The van der Waals surface area contributed by atoms with Gasteiger partial charge in [-0.2, -0.15) is 0 Å². The third-order valence-corrected chi connectivity index (χ3v) is 4.39. The standard InChI is InChI=1S/C22H26O11/c1-12(23)28-11-17-19(29-13(2)24)20(30-14(3)25)21(31-15(4)26)22(32-17)33-18(27)10-16-8-6-5-7-9-16/h5-9,17,19-22H,10-11H2,1-4H3/t17-,19+,20+,21-,22+/m1/s1. The molecular formula is C22H26O11. The van der Waals surface area contributed by atoms with Crippen LogP contribution in [0.25, 0.3) is 0 Å². The van der Waals surface area contributed by atoms with Gasteiger partial charge < -0.3 is 28.4 Å². The normalized spacial score (nSPS) is 24.2. The van der Waals surface area contributed by atoms with Crippen molar-refractivity contribution in [3.63, 3.8) is 0 Å². The van der Waals surface area contributed by atoms with Crippen LogP contribution in [-0.2, 0) is 58.8 Å². The molecule has 180 valence electrons. The minimum Gasteiger partial charge on any atom is -0.463 e. The van der Waals surface area contributed by atoms with Crippen LogP contribution in [0.15, 0.2) is 30.3 Å². The van der Waals surface area contributed by atoms with Crippen molar-refractivity contribution in [3.8, 4) is 0 Å². The molecule has 0 unspecified atom stereocenters. The molecule has 1 aliphatic heterocycles. The van der Waals surface area contributed by atoms with Crippen molar-refractivity contribution in [2.45, 2.75) is 64.8 Å². The molecule has 0 radical (unpaired) electrons. The van der Waals surface area contributed by atoms with Crippen molar-refractivity contribution in [3.05, 3.63) is 35.9 Å². The van der Waals surface area contributed by atoms with Crippen LogP contribution in [0.5, 0.6) is 0 Å². The van der Waals surface area contributed by atoms with Gasteiger partial charge in [-0.1, -0.05) is 30.3 Å². The van der Waals surface area contributed by atoms with Crippen molar-refractivity contribution in [2.75, 3.05) is 6.61 Å². The highest BCUT2D eigenvalue weighted by Crippen LogP contribution is 2.30. The Hall–Kier alpha value is -3.47. The number of ether oxygens (including phenoxy) is 6. The number of hydrogen-bond donors (Lipinski definition) is 0. The Balaban J connectivity index is 2.35. The van der Waals surface area contributed by atoms with Crippen LogP contribution in [0.3, 0.4) is 0 Å². The molecule has 0 saturated carbocycles. The van der Waals surface area contributed by atoms with Crippen molar-refractivity contribution in [2.24, 2.45) is 0 Å². The van der Waals surface area contributed by atoms with E-state index in [0.717, 1.165) is 27.7 Å². The van der Waals surface area contributed by atoms with Crippen LogP contribution >= 0.6 is 0 Å². The molecule has 1 aliphatic rings. The first-order chi connectivity index (χ1) is 15.6. The van der Waals surface area contributed by atoms with Crippen molar-refractivity contribution < 1.29 is 52.4 Å². The minimum atomic E-state index is -1.54. The summed E-state index contributed by atoms with van der Waals surface area (Å²) in [5.74, 6) is -3.69. The molecule has 11 nitrogen and oxygen atoms in total. The summed E-state index contributed by atoms with van der Waals surface area (Å²) in [6.07, 6.45) is -7.03. The van der Waals surface area contributed by atoms with Crippen LogP contribution in [0, 0.1) is 0 Å². The molecule has 0 spiro atoms. The first-order valence-electron chi connectivity index (χ1n) is 10.1. The van der Waals surface area contributed by atoms with Gasteiger partial charge in [-0.05, 0) is 5.56 Å². The summed E-state index contributed by atoms with van der Waals surface area (Å²) in [4.78, 5) is 59.1. The molecule has 5 atom stereocenters. The molecule has 0 aliphatic carbocycles. The average molecular weight is 466 g/mol. The number of carbonyl (C=O) groups is 5. The Bertz CT molecular complexity index is 866. The molecule has 0 N–H and O–H groups in total. The summed E-state index contributed by atoms with van der Waals surface area (Å²) in [5.41, 5.74) is 0.660. The quantitative estimate of drug-likeness (QED) is 0.398. The summed E-state index contributed by atoms with van der Waals surface area (Å²) in [6, 6.07) is 8.71. The molecule has 0 amide bonds. The Morgan fingerprint density at radius 3 is 1.82 bits per heavy atom. The van der Waals surface area contributed by atoms with Gasteiger partial charge in [0.2, 0.25) is 12.4 Å². The molecular weight excluding hydrogens is 440 g/mol. The molecule has 33 heavy (non-hydrogen) atoms. The highest BCUT2D eigenvalue weighted by Gasteiger charge is 2.53. The van der Waals surface area contributed by atoms with Gasteiger partial charge in [0.05, 0.1) is 6.42 Å². The summed E-state index contributed by atoms with van der Waals surface area (Å²) in [6.45, 7) is 4.05. The Kier molecular flexibility index (Phi) is 9.34. The van der Waals surface area contributed by atoms with Gasteiger partial charge in [-0.3, -0.25) is 24.0 Å². The number of esters is 5. The van der Waals surface area contributed by atoms with Gasteiger partial charge in [0, 0.05) is 27.7 Å². The van der Waals surface area contributed by atoms with E-state index < -0.39 is 67.2 Å². The third-order valence-electron chi connectivity index (χ3n) is 4.39.